The summed E-state index contributed by atoms with van der Waals surface area (Å²) in [4.78, 5) is 14.5. The average Bonchev–Trinajstić information content (AvgIpc) is 2.68. The van der Waals surface area contributed by atoms with Gasteiger partial charge in [-0.3, -0.25) is 4.79 Å². The number of carbonyl (C=O) groups excluding carboxylic acids is 1. The first-order chi connectivity index (χ1) is 12.3. The van der Waals surface area contributed by atoms with Gasteiger partial charge >= 0.3 is 0 Å². The van der Waals surface area contributed by atoms with E-state index in [-0.39, 0.29) is 5.91 Å². The van der Waals surface area contributed by atoms with Crippen LogP contribution in [0.25, 0.3) is 6.08 Å². The molecule has 0 aromatic heterocycles. The summed E-state index contributed by atoms with van der Waals surface area (Å²) in [6.07, 6.45) is 7.12. The van der Waals surface area contributed by atoms with Crippen LogP contribution in [-0.2, 0) is 4.79 Å². The summed E-state index contributed by atoms with van der Waals surface area (Å²) >= 11 is 0. The molecule has 0 unspecified atom stereocenters. The van der Waals surface area contributed by atoms with Gasteiger partial charge in [0.1, 0.15) is 5.75 Å². The third-order valence-electron chi connectivity index (χ3n) is 4.41. The molecule has 2 aromatic rings. The van der Waals surface area contributed by atoms with Crippen molar-refractivity contribution >= 4 is 23.4 Å². The fraction of sp³-hybridized carbons (Fsp3) is 0.286. The normalized spacial score (nSPS) is 14.5. The van der Waals surface area contributed by atoms with Crippen LogP contribution in [0.5, 0.6) is 5.75 Å². The van der Waals surface area contributed by atoms with Gasteiger partial charge in [-0.15, -0.1) is 0 Å². The van der Waals surface area contributed by atoms with Crippen LogP contribution in [0.4, 0.5) is 11.4 Å². The van der Waals surface area contributed by atoms with Gasteiger partial charge in [-0.1, -0.05) is 18.2 Å². The lowest BCUT2D eigenvalue weighted by atomic mass is 10.1. The molecule has 25 heavy (non-hydrogen) atoms. The van der Waals surface area contributed by atoms with Gasteiger partial charge < -0.3 is 15.0 Å². The highest BCUT2D eigenvalue weighted by atomic mass is 16.5. The third-order valence-corrected chi connectivity index (χ3v) is 4.41. The highest BCUT2D eigenvalue weighted by Crippen LogP contribution is 2.22. The Morgan fingerprint density at radius 3 is 2.48 bits per heavy atom. The number of piperidine rings is 1. The molecule has 0 atom stereocenters. The Morgan fingerprint density at radius 1 is 1.04 bits per heavy atom. The van der Waals surface area contributed by atoms with E-state index in [1.54, 1.807) is 13.2 Å². The minimum Gasteiger partial charge on any atom is -0.496 e. The van der Waals surface area contributed by atoms with E-state index in [0.717, 1.165) is 30.1 Å². The van der Waals surface area contributed by atoms with Gasteiger partial charge in [0.2, 0.25) is 5.91 Å². The first-order valence-electron chi connectivity index (χ1n) is 8.73. The van der Waals surface area contributed by atoms with Crippen molar-refractivity contribution in [3.8, 4) is 5.75 Å². The van der Waals surface area contributed by atoms with E-state index in [1.807, 2.05) is 36.4 Å². The van der Waals surface area contributed by atoms with Crippen LogP contribution in [0.2, 0.25) is 0 Å². The quantitative estimate of drug-likeness (QED) is 0.826. The molecule has 1 saturated heterocycles. The number of ether oxygens (including phenoxy) is 1. The number of rotatable bonds is 5. The van der Waals surface area contributed by atoms with Crippen molar-refractivity contribution in [1.29, 1.82) is 0 Å². The molecule has 4 heteroatoms. The lowest BCUT2D eigenvalue weighted by Gasteiger charge is -2.28. The molecule has 0 bridgehead atoms. The van der Waals surface area contributed by atoms with Crippen LogP contribution in [0.15, 0.2) is 54.6 Å². The largest absolute Gasteiger partial charge is 0.496 e. The fourth-order valence-electron chi connectivity index (χ4n) is 3.06. The molecular formula is C21H24N2O2. The van der Waals surface area contributed by atoms with Gasteiger partial charge in [-0.05, 0) is 55.7 Å². The van der Waals surface area contributed by atoms with Crippen molar-refractivity contribution < 1.29 is 9.53 Å². The maximum Gasteiger partial charge on any atom is 0.248 e. The number of anilines is 2. The number of para-hydroxylation sites is 1. The van der Waals surface area contributed by atoms with Crippen molar-refractivity contribution in [2.24, 2.45) is 0 Å². The van der Waals surface area contributed by atoms with Crippen LogP contribution in [0, 0.1) is 0 Å². The number of methoxy groups -OCH3 is 1. The maximum absolute atomic E-state index is 12.1. The first kappa shape index (κ1) is 17.1. The van der Waals surface area contributed by atoms with Crippen molar-refractivity contribution in [2.45, 2.75) is 19.3 Å². The maximum atomic E-state index is 12.1. The zero-order valence-electron chi connectivity index (χ0n) is 14.6. The van der Waals surface area contributed by atoms with Gasteiger partial charge in [0.05, 0.1) is 7.11 Å². The minimum absolute atomic E-state index is 0.156. The van der Waals surface area contributed by atoms with E-state index in [2.05, 4.69) is 22.3 Å². The van der Waals surface area contributed by atoms with Crippen LogP contribution in [-0.4, -0.2) is 26.1 Å². The Hall–Kier alpha value is -2.75. The Kier molecular flexibility index (Phi) is 5.73. The molecule has 1 fully saturated rings. The van der Waals surface area contributed by atoms with Crippen LogP contribution < -0.4 is 15.0 Å². The van der Waals surface area contributed by atoms with Crippen molar-refractivity contribution in [2.75, 3.05) is 30.4 Å². The molecule has 1 N–H and O–H groups in total. The second kappa shape index (κ2) is 8.38. The van der Waals surface area contributed by atoms with Crippen LogP contribution >= 0.6 is 0 Å². The monoisotopic (exact) mass is 336 g/mol. The lowest BCUT2D eigenvalue weighted by molar-refractivity contribution is -0.111. The molecule has 1 heterocycles. The molecule has 0 saturated carbocycles. The van der Waals surface area contributed by atoms with Gasteiger partial charge in [0.25, 0.3) is 0 Å². The van der Waals surface area contributed by atoms with Gasteiger partial charge in [-0.2, -0.15) is 0 Å². The second-order valence-corrected chi connectivity index (χ2v) is 6.16. The molecule has 1 aliphatic heterocycles. The van der Waals surface area contributed by atoms with E-state index in [9.17, 15) is 4.79 Å². The predicted octanol–water partition coefficient (Wildman–Crippen LogP) is 4.34. The summed E-state index contributed by atoms with van der Waals surface area (Å²) in [5.41, 5.74) is 2.90. The summed E-state index contributed by atoms with van der Waals surface area (Å²) in [5, 5.41) is 2.89. The van der Waals surface area contributed by atoms with E-state index in [4.69, 9.17) is 4.74 Å². The number of nitrogens with zero attached hydrogens (tertiary/aromatic N) is 1. The van der Waals surface area contributed by atoms with Gasteiger partial charge in [0, 0.05) is 36.1 Å². The zero-order valence-corrected chi connectivity index (χ0v) is 14.6. The van der Waals surface area contributed by atoms with Crippen molar-refractivity contribution in [3.63, 3.8) is 0 Å². The van der Waals surface area contributed by atoms with Crippen molar-refractivity contribution in [3.05, 3.63) is 60.2 Å². The number of carbonyl (C=O) groups is 1. The number of amides is 1. The topological polar surface area (TPSA) is 41.6 Å². The molecule has 0 radical (unpaired) electrons. The molecule has 2 aromatic carbocycles. The Balaban J connectivity index is 1.60. The molecule has 4 nitrogen and oxygen atoms in total. The van der Waals surface area contributed by atoms with E-state index in [1.165, 1.54) is 31.0 Å². The first-order valence-corrected chi connectivity index (χ1v) is 8.73. The lowest BCUT2D eigenvalue weighted by Crippen LogP contribution is -2.29. The van der Waals surface area contributed by atoms with Crippen LogP contribution in [0.3, 0.4) is 0 Å². The summed E-state index contributed by atoms with van der Waals surface area (Å²) in [6, 6.07) is 15.7. The average molecular weight is 336 g/mol. The van der Waals surface area contributed by atoms with Crippen LogP contribution in [0.1, 0.15) is 24.8 Å². The highest BCUT2D eigenvalue weighted by Gasteiger charge is 2.10. The summed E-state index contributed by atoms with van der Waals surface area (Å²) in [6.45, 7) is 2.24. The van der Waals surface area contributed by atoms with Gasteiger partial charge in [-0.25, -0.2) is 0 Å². The minimum atomic E-state index is -0.156. The number of nitrogens with one attached hydrogen (secondary N) is 1. The molecular weight excluding hydrogens is 312 g/mol. The molecule has 130 valence electrons. The second-order valence-electron chi connectivity index (χ2n) is 6.16. The highest BCUT2D eigenvalue weighted by molar-refractivity contribution is 6.02. The number of benzene rings is 2. The molecule has 1 amide bonds. The standard InChI is InChI=1S/C21H24N2O2/c1-25-20-8-4-3-7-17(20)9-14-21(24)22-18-10-12-19(13-11-18)23-15-5-2-6-16-23/h3-4,7-14H,2,5-6,15-16H2,1H3,(H,22,24)/b14-9+. The SMILES string of the molecule is COc1ccccc1/C=C/C(=O)Nc1ccc(N2CCCCC2)cc1. The summed E-state index contributed by atoms with van der Waals surface area (Å²) in [5.74, 6) is 0.592. The van der Waals surface area contributed by atoms with Crippen molar-refractivity contribution in [1.82, 2.24) is 0 Å². The third kappa shape index (κ3) is 4.63. The predicted molar refractivity (Wildman–Crippen MR) is 103 cm³/mol. The summed E-state index contributed by atoms with van der Waals surface area (Å²) < 4.78 is 5.28. The fourth-order valence-corrected chi connectivity index (χ4v) is 3.06. The smallest absolute Gasteiger partial charge is 0.248 e. The van der Waals surface area contributed by atoms with Gasteiger partial charge in [0.15, 0.2) is 0 Å². The number of hydrogen-bond donors (Lipinski definition) is 1. The van der Waals surface area contributed by atoms with E-state index < -0.39 is 0 Å². The summed E-state index contributed by atoms with van der Waals surface area (Å²) in [7, 11) is 1.62. The molecule has 1 aliphatic rings. The Morgan fingerprint density at radius 2 is 1.76 bits per heavy atom. The van der Waals surface area contributed by atoms with E-state index >= 15 is 0 Å². The van der Waals surface area contributed by atoms with E-state index in [0.29, 0.717) is 0 Å². The number of hydrogen-bond acceptors (Lipinski definition) is 3. The molecule has 0 spiro atoms. The molecule has 0 aliphatic carbocycles. The Bertz CT molecular complexity index is 732. The zero-order chi connectivity index (χ0) is 17.5. The molecule has 3 rings (SSSR count). The Labute approximate surface area is 149 Å².